The van der Waals surface area contributed by atoms with E-state index in [2.05, 4.69) is 4.98 Å². The van der Waals surface area contributed by atoms with Crippen molar-refractivity contribution in [1.82, 2.24) is 9.88 Å². The summed E-state index contributed by atoms with van der Waals surface area (Å²) in [5.74, 6) is 0. The van der Waals surface area contributed by atoms with Crippen molar-refractivity contribution in [2.75, 3.05) is 12.8 Å². The average molecular weight is 509 g/mol. The smallest absolute Gasteiger partial charge is 0.411 e. The molecule has 0 radical (unpaired) electrons. The van der Waals surface area contributed by atoms with Crippen molar-refractivity contribution in [3.05, 3.63) is 84.1 Å². The molecule has 1 fully saturated rings. The van der Waals surface area contributed by atoms with Gasteiger partial charge in [0.15, 0.2) is 14.9 Å². The number of ether oxygens (including phenoxy) is 1. The van der Waals surface area contributed by atoms with E-state index in [4.69, 9.17) is 4.74 Å². The van der Waals surface area contributed by atoms with E-state index in [1.54, 1.807) is 31.0 Å². The first-order valence-corrected chi connectivity index (χ1v) is 13.8. The Morgan fingerprint density at radius 1 is 1.06 bits per heavy atom. The summed E-state index contributed by atoms with van der Waals surface area (Å²) in [6.07, 6.45) is 3.13. The molecule has 0 saturated carbocycles. The summed E-state index contributed by atoms with van der Waals surface area (Å²) < 4.78 is 29.4. The van der Waals surface area contributed by atoms with E-state index >= 15 is 0 Å². The van der Waals surface area contributed by atoms with E-state index in [-0.39, 0.29) is 11.1 Å². The Hall–Kier alpha value is -3.23. The van der Waals surface area contributed by atoms with E-state index in [0.29, 0.717) is 19.4 Å². The van der Waals surface area contributed by atoms with Gasteiger partial charge in [-0.1, -0.05) is 54.6 Å². The summed E-state index contributed by atoms with van der Waals surface area (Å²) in [4.78, 5) is 19.0. The van der Waals surface area contributed by atoms with E-state index in [1.165, 1.54) is 6.07 Å². The fraction of sp³-hybridized carbons (Fsp3) is 0.357. The SMILES string of the molecule is C[C@@H](c1ccc(-c2ccc(S(C)(=O)=O)nc2)cc1)N1CCC(CC(C)(C)O)(c2ccccc2)OC1=O. The minimum Gasteiger partial charge on any atom is -0.438 e. The lowest BCUT2D eigenvalue weighted by molar-refractivity contribution is -0.101. The average Bonchev–Trinajstić information content (AvgIpc) is 2.83. The number of aromatic nitrogens is 1. The lowest BCUT2D eigenvalue weighted by Crippen LogP contribution is -2.51. The summed E-state index contributed by atoms with van der Waals surface area (Å²) in [7, 11) is -3.35. The minimum atomic E-state index is -3.35. The maximum Gasteiger partial charge on any atom is 0.411 e. The minimum absolute atomic E-state index is 0.0382. The van der Waals surface area contributed by atoms with Crippen LogP contribution in [0.4, 0.5) is 4.79 Å². The van der Waals surface area contributed by atoms with Crippen molar-refractivity contribution in [2.45, 2.75) is 55.9 Å². The molecule has 2 atom stereocenters. The number of carbonyl (C=O) groups is 1. The zero-order valence-electron chi connectivity index (χ0n) is 21.0. The van der Waals surface area contributed by atoms with Crippen LogP contribution in [0.3, 0.4) is 0 Å². The number of sulfone groups is 1. The van der Waals surface area contributed by atoms with Gasteiger partial charge in [0.05, 0.1) is 11.6 Å². The summed E-state index contributed by atoms with van der Waals surface area (Å²) in [5.41, 5.74) is 1.64. The van der Waals surface area contributed by atoms with Gasteiger partial charge in [-0.15, -0.1) is 0 Å². The number of nitrogens with zero attached hydrogens (tertiary/aromatic N) is 2. The standard InChI is InChI=1S/C28H32N2O5S/c1-20(21-10-12-22(13-11-21)23-14-15-25(29-18-23)36(4,33)34)30-17-16-28(35-26(30)31,19-27(2,3)32)24-8-6-5-7-9-24/h5-15,18,20,32H,16-17,19H2,1-4H3/t20-,28?/m0/s1. The van der Waals surface area contributed by atoms with Crippen LogP contribution in [0.2, 0.25) is 0 Å². The quantitative estimate of drug-likeness (QED) is 0.476. The summed E-state index contributed by atoms with van der Waals surface area (Å²) >= 11 is 0. The third kappa shape index (κ3) is 5.60. The van der Waals surface area contributed by atoms with Crippen molar-refractivity contribution < 1.29 is 23.1 Å². The maximum absolute atomic E-state index is 13.2. The largest absolute Gasteiger partial charge is 0.438 e. The second kappa shape index (κ2) is 9.67. The zero-order valence-corrected chi connectivity index (χ0v) is 21.8. The molecule has 1 aromatic heterocycles. The van der Waals surface area contributed by atoms with Gasteiger partial charge in [0.2, 0.25) is 0 Å². The molecule has 8 heteroatoms. The van der Waals surface area contributed by atoms with Crippen LogP contribution in [0, 0.1) is 0 Å². The van der Waals surface area contributed by atoms with Crippen molar-refractivity contribution in [1.29, 1.82) is 0 Å². The third-order valence-electron chi connectivity index (χ3n) is 6.60. The Balaban J connectivity index is 1.51. The lowest BCUT2D eigenvalue weighted by Gasteiger charge is -2.45. The summed E-state index contributed by atoms with van der Waals surface area (Å²) in [6.45, 7) is 5.91. The maximum atomic E-state index is 13.2. The highest BCUT2D eigenvalue weighted by Gasteiger charge is 2.46. The monoisotopic (exact) mass is 508 g/mol. The van der Waals surface area contributed by atoms with E-state index < -0.39 is 27.1 Å². The number of cyclic esters (lactones) is 1. The predicted molar refractivity (Wildman–Crippen MR) is 138 cm³/mol. The molecule has 3 aromatic rings. The van der Waals surface area contributed by atoms with Crippen molar-refractivity contribution >= 4 is 15.9 Å². The van der Waals surface area contributed by atoms with Crippen LogP contribution in [0.1, 0.15) is 50.8 Å². The van der Waals surface area contributed by atoms with Gasteiger partial charge in [0.25, 0.3) is 0 Å². The van der Waals surface area contributed by atoms with Crippen molar-refractivity contribution in [3.8, 4) is 11.1 Å². The number of benzene rings is 2. The van der Waals surface area contributed by atoms with Gasteiger partial charge in [-0.05, 0) is 49.6 Å². The molecule has 1 N–H and O–H groups in total. The topological polar surface area (TPSA) is 96.8 Å². The van der Waals surface area contributed by atoms with Gasteiger partial charge < -0.3 is 14.7 Å². The van der Waals surface area contributed by atoms with Crippen molar-refractivity contribution in [2.24, 2.45) is 0 Å². The first kappa shape index (κ1) is 25.9. The highest BCUT2D eigenvalue weighted by atomic mass is 32.2. The fourth-order valence-corrected chi connectivity index (χ4v) is 5.36. The Kier molecular flexibility index (Phi) is 6.94. The molecule has 0 spiro atoms. The second-order valence-electron chi connectivity index (χ2n) is 10.1. The normalized spacial score (nSPS) is 19.6. The third-order valence-corrected chi connectivity index (χ3v) is 7.60. The first-order chi connectivity index (χ1) is 16.9. The van der Waals surface area contributed by atoms with E-state index in [1.807, 2.05) is 61.5 Å². The molecule has 2 aromatic carbocycles. The van der Waals surface area contributed by atoms with Gasteiger partial charge in [-0.3, -0.25) is 0 Å². The molecule has 7 nitrogen and oxygen atoms in total. The lowest BCUT2D eigenvalue weighted by atomic mass is 9.80. The van der Waals surface area contributed by atoms with Gasteiger partial charge in [-0.2, -0.15) is 0 Å². The van der Waals surface area contributed by atoms with Gasteiger partial charge in [0.1, 0.15) is 5.60 Å². The molecule has 1 amide bonds. The molecule has 1 saturated heterocycles. The molecule has 190 valence electrons. The van der Waals surface area contributed by atoms with Crippen LogP contribution in [0.5, 0.6) is 0 Å². The molecule has 1 aliphatic heterocycles. The Morgan fingerprint density at radius 3 is 2.22 bits per heavy atom. The molecule has 4 rings (SSSR count). The fourth-order valence-electron chi connectivity index (χ4n) is 4.80. The van der Waals surface area contributed by atoms with Gasteiger partial charge in [0, 0.05) is 37.4 Å². The van der Waals surface area contributed by atoms with Crippen LogP contribution < -0.4 is 0 Å². The number of amides is 1. The Morgan fingerprint density at radius 2 is 1.69 bits per heavy atom. The summed E-state index contributed by atoms with van der Waals surface area (Å²) in [5, 5.41) is 10.6. The van der Waals surface area contributed by atoms with Crippen LogP contribution in [-0.2, 0) is 20.2 Å². The molecule has 0 aliphatic carbocycles. The van der Waals surface area contributed by atoms with Crippen LogP contribution in [0.15, 0.2) is 78.0 Å². The zero-order chi connectivity index (χ0) is 26.1. The van der Waals surface area contributed by atoms with Crippen molar-refractivity contribution in [3.63, 3.8) is 0 Å². The molecule has 1 unspecified atom stereocenters. The van der Waals surface area contributed by atoms with Gasteiger partial charge in [-0.25, -0.2) is 18.2 Å². The van der Waals surface area contributed by atoms with Crippen LogP contribution >= 0.6 is 0 Å². The Bertz CT molecular complexity index is 1320. The second-order valence-corrected chi connectivity index (χ2v) is 12.1. The molecule has 1 aliphatic rings. The van der Waals surface area contributed by atoms with E-state index in [0.717, 1.165) is 28.5 Å². The molecular weight excluding hydrogens is 476 g/mol. The Labute approximate surface area is 212 Å². The van der Waals surface area contributed by atoms with Crippen LogP contribution in [0.25, 0.3) is 11.1 Å². The first-order valence-electron chi connectivity index (χ1n) is 11.9. The summed E-state index contributed by atoms with van der Waals surface area (Å²) in [6, 6.07) is 20.4. The number of aliphatic hydroxyl groups is 1. The molecule has 36 heavy (non-hydrogen) atoms. The molecule has 2 heterocycles. The molecule has 0 bridgehead atoms. The predicted octanol–water partition coefficient (Wildman–Crippen LogP) is 5.11. The molecular formula is C28H32N2O5S. The number of pyridine rings is 1. The van der Waals surface area contributed by atoms with Gasteiger partial charge >= 0.3 is 6.09 Å². The number of carbonyl (C=O) groups excluding carboxylic acids is 1. The number of hydrogen-bond donors (Lipinski definition) is 1. The number of hydrogen-bond acceptors (Lipinski definition) is 6. The highest BCUT2D eigenvalue weighted by molar-refractivity contribution is 7.90. The number of rotatable bonds is 7. The highest BCUT2D eigenvalue weighted by Crippen LogP contribution is 2.42. The van der Waals surface area contributed by atoms with Crippen LogP contribution in [-0.4, -0.2) is 47.9 Å². The van der Waals surface area contributed by atoms with E-state index in [9.17, 15) is 18.3 Å².